The second-order valence-corrected chi connectivity index (χ2v) is 5.20. The molecule has 0 saturated carbocycles. The van der Waals surface area contributed by atoms with Crippen molar-refractivity contribution in [3.8, 4) is 0 Å². The molecular formula is C9H8BrClO3S. The Morgan fingerprint density at radius 2 is 2.07 bits per heavy atom. The topological polar surface area (TPSA) is 51.2 Å². The molecule has 0 saturated heterocycles. The van der Waals surface area contributed by atoms with E-state index in [1.54, 1.807) is 13.0 Å². The Morgan fingerprint density at radius 1 is 1.47 bits per heavy atom. The van der Waals surface area contributed by atoms with E-state index >= 15 is 0 Å². The van der Waals surface area contributed by atoms with E-state index in [-0.39, 0.29) is 5.75 Å². The molecule has 1 rings (SSSR count). The molecule has 82 valence electrons. The number of hydrogen-bond acceptors (Lipinski definition) is 3. The van der Waals surface area contributed by atoms with Gasteiger partial charge in [-0.15, -0.1) is 0 Å². The van der Waals surface area contributed by atoms with Gasteiger partial charge in [0.2, 0.25) is 0 Å². The van der Waals surface area contributed by atoms with Crippen molar-refractivity contribution in [2.24, 2.45) is 0 Å². The molecule has 0 aliphatic heterocycles. The number of aryl methyl sites for hydroxylation is 1. The maximum Gasteiger partial charge on any atom is 0.252 e. The van der Waals surface area contributed by atoms with Gasteiger partial charge in [-0.05, 0) is 41.8 Å². The SMILES string of the molecule is Cc1cc(Br)c(C[SH](=O)=O)cc1C(=O)Cl. The lowest BCUT2D eigenvalue weighted by molar-refractivity contribution is 0.108. The minimum Gasteiger partial charge on any atom is -0.276 e. The maximum absolute atomic E-state index is 11.0. The number of hydrogen-bond donors (Lipinski definition) is 1. The average molecular weight is 312 g/mol. The van der Waals surface area contributed by atoms with Crippen molar-refractivity contribution in [2.75, 3.05) is 0 Å². The summed E-state index contributed by atoms with van der Waals surface area (Å²) >= 11 is 8.60. The zero-order chi connectivity index (χ0) is 11.6. The molecule has 0 N–H and O–H groups in total. The van der Waals surface area contributed by atoms with E-state index in [9.17, 15) is 13.2 Å². The molecule has 0 heterocycles. The van der Waals surface area contributed by atoms with Crippen LogP contribution in [0.2, 0.25) is 0 Å². The second-order valence-electron chi connectivity index (χ2n) is 3.02. The predicted octanol–water partition coefficient (Wildman–Crippen LogP) is 2.25. The van der Waals surface area contributed by atoms with E-state index in [0.29, 0.717) is 21.2 Å². The van der Waals surface area contributed by atoms with Crippen molar-refractivity contribution in [3.05, 3.63) is 33.3 Å². The summed E-state index contributed by atoms with van der Waals surface area (Å²) in [6.07, 6.45) is 0. The molecule has 0 aliphatic carbocycles. The monoisotopic (exact) mass is 310 g/mol. The average Bonchev–Trinajstić information content (AvgIpc) is 2.08. The second kappa shape index (κ2) is 5.09. The van der Waals surface area contributed by atoms with Crippen LogP contribution >= 0.6 is 27.5 Å². The Labute approximate surface area is 103 Å². The van der Waals surface area contributed by atoms with Crippen LogP contribution in [0.25, 0.3) is 0 Å². The summed E-state index contributed by atoms with van der Waals surface area (Å²) in [4.78, 5) is 11.0. The summed E-state index contributed by atoms with van der Waals surface area (Å²) in [6.45, 7) is 1.74. The molecule has 0 radical (unpaired) electrons. The summed E-state index contributed by atoms with van der Waals surface area (Å²) in [5.41, 5.74) is 1.60. The minimum absolute atomic E-state index is 0.104. The fourth-order valence-corrected chi connectivity index (χ4v) is 2.75. The zero-order valence-electron chi connectivity index (χ0n) is 7.79. The Bertz CT molecular complexity index is 474. The highest BCUT2D eigenvalue weighted by Gasteiger charge is 2.10. The summed E-state index contributed by atoms with van der Waals surface area (Å²) in [5.74, 6) is -0.104. The third-order valence-electron chi connectivity index (χ3n) is 1.90. The third-order valence-corrected chi connectivity index (χ3v) is 3.45. The highest BCUT2D eigenvalue weighted by Crippen LogP contribution is 2.23. The molecule has 6 heteroatoms. The van der Waals surface area contributed by atoms with E-state index in [2.05, 4.69) is 15.9 Å². The summed E-state index contributed by atoms with van der Waals surface area (Å²) in [5, 5.41) is -0.581. The highest BCUT2D eigenvalue weighted by molar-refractivity contribution is 9.10. The molecule has 0 bridgehead atoms. The van der Waals surface area contributed by atoms with Gasteiger partial charge < -0.3 is 0 Å². The molecule has 1 aromatic rings. The molecule has 0 fully saturated rings. The maximum atomic E-state index is 11.0. The lowest BCUT2D eigenvalue weighted by Gasteiger charge is -2.06. The molecule has 1 aromatic carbocycles. The van der Waals surface area contributed by atoms with Crippen LogP contribution in [0.1, 0.15) is 21.5 Å². The van der Waals surface area contributed by atoms with Gasteiger partial charge in [-0.3, -0.25) is 4.79 Å². The Morgan fingerprint density at radius 3 is 2.53 bits per heavy atom. The molecule has 3 nitrogen and oxygen atoms in total. The predicted molar refractivity (Wildman–Crippen MR) is 63.1 cm³/mol. The first kappa shape index (κ1) is 12.7. The van der Waals surface area contributed by atoms with Crippen LogP contribution < -0.4 is 0 Å². The largest absolute Gasteiger partial charge is 0.276 e. The van der Waals surface area contributed by atoms with E-state index in [4.69, 9.17) is 11.6 Å². The molecule has 0 atom stereocenters. The summed E-state index contributed by atoms with van der Waals surface area (Å²) < 4.78 is 21.8. The van der Waals surface area contributed by atoms with Crippen LogP contribution in [0.3, 0.4) is 0 Å². The van der Waals surface area contributed by atoms with Crippen molar-refractivity contribution in [2.45, 2.75) is 12.7 Å². The molecule has 0 spiro atoms. The van der Waals surface area contributed by atoms with Gasteiger partial charge in [0.25, 0.3) is 5.24 Å². The van der Waals surface area contributed by atoms with Crippen molar-refractivity contribution < 1.29 is 13.2 Å². The third kappa shape index (κ3) is 3.29. The number of halogens is 2. The van der Waals surface area contributed by atoms with Gasteiger partial charge in [-0.2, -0.15) is 0 Å². The van der Waals surface area contributed by atoms with Crippen LogP contribution in [0.15, 0.2) is 16.6 Å². The Hall–Kier alpha value is -0.390. The smallest absolute Gasteiger partial charge is 0.252 e. The first-order chi connectivity index (χ1) is 6.91. The molecular weight excluding hydrogens is 304 g/mol. The van der Waals surface area contributed by atoms with Crippen LogP contribution in [-0.2, 0) is 16.5 Å². The van der Waals surface area contributed by atoms with Crippen LogP contribution in [0.5, 0.6) is 0 Å². The fraction of sp³-hybridized carbons (Fsp3) is 0.222. The van der Waals surface area contributed by atoms with Gasteiger partial charge in [-0.1, -0.05) is 15.9 Å². The Kier molecular flexibility index (Phi) is 4.31. The first-order valence-corrected chi connectivity index (χ1v) is 6.56. The van der Waals surface area contributed by atoms with Crippen molar-refractivity contribution >= 4 is 43.5 Å². The molecule has 0 aliphatic rings. The van der Waals surface area contributed by atoms with Gasteiger partial charge in [0.15, 0.2) is 0 Å². The zero-order valence-corrected chi connectivity index (χ0v) is 11.0. The van der Waals surface area contributed by atoms with E-state index < -0.39 is 15.9 Å². The van der Waals surface area contributed by atoms with E-state index in [1.165, 1.54) is 6.07 Å². The van der Waals surface area contributed by atoms with Crippen molar-refractivity contribution in [1.82, 2.24) is 0 Å². The van der Waals surface area contributed by atoms with Crippen molar-refractivity contribution in [1.29, 1.82) is 0 Å². The van der Waals surface area contributed by atoms with Crippen LogP contribution in [0.4, 0.5) is 0 Å². The minimum atomic E-state index is -2.52. The normalized spacial score (nSPS) is 10.7. The molecule has 0 amide bonds. The van der Waals surface area contributed by atoms with Crippen LogP contribution in [-0.4, -0.2) is 13.7 Å². The number of carbonyl (C=O) groups is 1. The van der Waals surface area contributed by atoms with E-state index in [1.807, 2.05) is 0 Å². The number of rotatable bonds is 3. The van der Waals surface area contributed by atoms with Crippen LogP contribution in [0, 0.1) is 6.92 Å². The standard InChI is InChI=1S/C9H8BrClO3S/c1-5-2-8(10)6(4-15(13)14)3-7(5)9(11)12/h2-3,15H,4H2,1H3. The van der Waals surface area contributed by atoms with Gasteiger partial charge in [0.1, 0.15) is 10.7 Å². The van der Waals surface area contributed by atoms with E-state index in [0.717, 1.165) is 0 Å². The summed E-state index contributed by atoms with van der Waals surface area (Å²) in [6, 6.07) is 3.18. The molecule has 0 aromatic heterocycles. The van der Waals surface area contributed by atoms with Gasteiger partial charge in [0.05, 0.1) is 5.75 Å². The summed E-state index contributed by atoms with van der Waals surface area (Å²) in [7, 11) is -2.52. The molecule has 0 unspecified atom stereocenters. The quantitative estimate of drug-likeness (QED) is 0.688. The van der Waals surface area contributed by atoms with Crippen molar-refractivity contribution in [3.63, 3.8) is 0 Å². The highest BCUT2D eigenvalue weighted by atomic mass is 79.9. The lowest BCUT2D eigenvalue weighted by Crippen LogP contribution is -1.98. The number of thiol groups is 1. The van der Waals surface area contributed by atoms with Gasteiger partial charge >= 0.3 is 0 Å². The number of benzene rings is 1. The van der Waals surface area contributed by atoms with Gasteiger partial charge in [-0.25, -0.2) is 8.42 Å². The number of carbonyl (C=O) groups excluding carboxylic acids is 1. The lowest BCUT2D eigenvalue weighted by atomic mass is 10.1. The Balaban J connectivity index is 3.29. The van der Waals surface area contributed by atoms with Gasteiger partial charge in [0, 0.05) is 10.0 Å². The first-order valence-electron chi connectivity index (χ1n) is 4.02. The fourth-order valence-electron chi connectivity index (χ4n) is 1.19. The molecule has 15 heavy (non-hydrogen) atoms.